The number of carbonyl (C=O) groups excluding carboxylic acids is 1. The molecule has 0 aliphatic heterocycles. The SMILES string of the molecule is C=CCNC(=O)C1(c2ccc(F)cc2)CC1. The van der Waals surface area contributed by atoms with Crippen LogP contribution in [0.1, 0.15) is 18.4 Å². The van der Waals surface area contributed by atoms with Gasteiger partial charge in [0.25, 0.3) is 0 Å². The summed E-state index contributed by atoms with van der Waals surface area (Å²) in [6.45, 7) is 4.03. The van der Waals surface area contributed by atoms with Crippen molar-refractivity contribution >= 4 is 5.91 Å². The van der Waals surface area contributed by atoms with Gasteiger partial charge in [0.15, 0.2) is 0 Å². The van der Waals surface area contributed by atoms with Crippen molar-refractivity contribution in [3.05, 3.63) is 48.3 Å². The number of hydrogen-bond acceptors (Lipinski definition) is 1. The molecular formula is C13H14FNO. The first-order valence-electron chi connectivity index (χ1n) is 5.34. The number of carbonyl (C=O) groups is 1. The van der Waals surface area contributed by atoms with Gasteiger partial charge in [0.1, 0.15) is 5.82 Å². The second kappa shape index (κ2) is 4.08. The molecule has 1 amide bonds. The lowest BCUT2D eigenvalue weighted by Crippen LogP contribution is -2.34. The normalized spacial score (nSPS) is 16.6. The first kappa shape index (κ1) is 10.9. The van der Waals surface area contributed by atoms with Gasteiger partial charge in [-0.1, -0.05) is 18.2 Å². The Bertz CT molecular complexity index is 406. The molecule has 84 valence electrons. The zero-order valence-corrected chi connectivity index (χ0v) is 9.00. The van der Waals surface area contributed by atoms with Crippen molar-refractivity contribution in [1.82, 2.24) is 5.32 Å². The van der Waals surface area contributed by atoms with Crippen molar-refractivity contribution in [2.45, 2.75) is 18.3 Å². The number of nitrogens with one attached hydrogen (secondary N) is 1. The lowest BCUT2D eigenvalue weighted by Gasteiger charge is -2.14. The summed E-state index contributed by atoms with van der Waals surface area (Å²) in [4.78, 5) is 11.9. The minimum absolute atomic E-state index is 0.0130. The van der Waals surface area contributed by atoms with Crippen LogP contribution in [0.2, 0.25) is 0 Å². The molecule has 0 radical (unpaired) electrons. The number of benzene rings is 1. The third kappa shape index (κ3) is 1.85. The van der Waals surface area contributed by atoms with Crippen LogP contribution < -0.4 is 5.32 Å². The van der Waals surface area contributed by atoms with Crippen molar-refractivity contribution in [3.8, 4) is 0 Å². The fourth-order valence-corrected chi connectivity index (χ4v) is 1.87. The van der Waals surface area contributed by atoms with Crippen LogP contribution in [0, 0.1) is 5.82 Å². The van der Waals surface area contributed by atoms with Crippen LogP contribution in [-0.2, 0) is 10.2 Å². The minimum Gasteiger partial charge on any atom is -0.352 e. The number of hydrogen-bond donors (Lipinski definition) is 1. The van der Waals surface area contributed by atoms with E-state index in [9.17, 15) is 9.18 Å². The smallest absolute Gasteiger partial charge is 0.230 e. The van der Waals surface area contributed by atoms with Crippen LogP contribution in [0.4, 0.5) is 4.39 Å². The Labute approximate surface area is 94.2 Å². The van der Waals surface area contributed by atoms with E-state index in [2.05, 4.69) is 11.9 Å². The maximum absolute atomic E-state index is 12.8. The molecule has 1 aliphatic rings. The molecule has 0 spiro atoms. The molecule has 0 aromatic heterocycles. The Morgan fingerprint density at radius 3 is 2.56 bits per heavy atom. The topological polar surface area (TPSA) is 29.1 Å². The third-order valence-electron chi connectivity index (χ3n) is 2.99. The monoisotopic (exact) mass is 219 g/mol. The second-order valence-corrected chi connectivity index (χ2v) is 4.09. The average molecular weight is 219 g/mol. The molecule has 1 N–H and O–H groups in total. The number of rotatable bonds is 4. The Balaban J connectivity index is 2.16. The summed E-state index contributed by atoms with van der Waals surface area (Å²) in [6.07, 6.45) is 3.32. The fraction of sp³-hybridized carbons (Fsp3) is 0.308. The zero-order chi connectivity index (χ0) is 11.6. The molecule has 2 rings (SSSR count). The standard InChI is InChI=1S/C13H14FNO/c1-2-9-15-12(16)13(7-8-13)10-3-5-11(14)6-4-10/h2-6H,1,7-9H2,(H,15,16). The summed E-state index contributed by atoms with van der Waals surface area (Å²) in [6, 6.07) is 6.18. The lowest BCUT2D eigenvalue weighted by molar-refractivity contribution is -0.123. The maximum Gasteiger partial charge on any atom is 0.230 e. The van der Waals surface area contributed by atoms with E-state index in [1.165, 1.54) is 12.1 Å². The first-order valence-corrected chi connectivity index (χ1v) is 5.34. The van der Waals surface area contributed by atoms with E-state index in [0.29, 0.717) is 6.54 Å². The highest BCUT2D eigenvalue weighted by Crippen LogP contribution is 2.48. The van der Waals surface area contributed by atoms with Crippen molar-refractivity contribution in [2.24, 2.45) is 0 Å². The highest BCUT2D eigenvalue weighted by atomic mass is 19.1. The van der Waals surface area contributed by atoms with E-state index in [1.807, 2.05) is 0 Å². The molecule has 1 aliphatic carbocycles. The summed E-state index contributed by atoms with van der Waals surface area (Å²) in [5, 5.41) is 2.80. The van der Waals surface area contributed by atoms with Gasteiger partial charge in [0.05, 0.1) is 5.41 Å². The Kier molecular flexibility index (Phi) is 2.77. The van der Waals surface area contributed by atoms with Crippen LogP contribution in [0.15, 0.2) is 36.9 Å². The molecule has 0 unspecified atom stereocenters. The molecule has 0 heterocycles. The molecule has 0 atom stereocenters. The van der Waals surface area contributed by atoms with Crippen LogP contribution >= 0.6 is 0 Å². The molecule has 1 saturated carbocycles. The number of amides is 1. The van der Waals surface area contributed by atoms with Gasteiger partial charge in [-0.15, -0.1) is 6.58 Å². The van der Waals surface area contributed by atoms with Gasteiger partial charge in [-0.2, -0.15) is 0 Å². The average Bonchev–Trinajstić information content (AvgIpc) is 3.08. The van der Waals surface area contributed by atoms with Gasteiger partial charge in [-0.25, -0.2) is 4.39 Å². The predicted octanol–water partition coefficient (Wildman–Crippen LogP) is 2.16. The summed E-state index contributed by atoms with van der Waals surface area (Å²) in [7, 11) is 0. The molecule has 1 fully saturated rings. The van der Waals surface area contributed by atoms with E-state index in [-0.39, 0.29) is 11.7 Å². The summed E-state index contributed by atoms with van der Waals surface area (Å²) in [5.41, 5.74) is 0.479. The second-order valence-electron chi connectivity index (χ2n) is 4.09. The van der Waals surface area contributed by atoms with Gasteiger partial charge >= 0.3 is 0 Å². The molecule has 1 aromatic carbocycles. The van der Waals surface area contributed by atoms with E-state index in [0.717, 1.165) is 18.4 Å². The molecule has 2 nitrogen and oxygen atoms in total. The number of halogens is 1. The fourth-order valence-electron chi connectivity index (χ4n) is 1.87. The Hall–Kier alpha value is -1.64. The molecule has 3 heteroatoms. The van der Waals surface area contributed by atoms with E-state index < -0.39 is 5.41 Å². The van der Waals surface area contributed by atoms with Crippen molar-refractivity contribution < 1.29 is 9.18 Å². The first-order chi connectivity index (χ1) is 7.69. The molecule has 16 heavy (non-hydrogen) atoms. The van der Waals surface area contributed by atoms with Crippen LogP contribution in [0.5, 0.6) is 0 Å². The largest absolute Gasteiger partial charge is 0.352 e. The van der Waals surface area contributed by atoms with E-state index >= 15 is 0 Å². The van der Waals surface area contributed by atoms with Crippen molar-refractivity contribution in [3.63, 3.8) is 0 Å². The third-order valence-corrected chi connectivity index (χ3v) is 2.99. The van der Waals surface area contributed by atoms with Gasteiger partial charge < -0.3 is 5.32 Å². The minimum atomic E-state index is -0.420. The zero-order valence-electron chi connectivity index (χ0n) is 9.00. The molecule has 0 saturated heterocycles. The van der Waals surface area contributed by atoms with Gasteiger partial charge in [0.2, 0.25) is 5.91 Å². The Morgan fingerprint density at radius 2 is 2.06 bits per heavy atom. The van der Waals surface area contributed by atoms with Crippen molar-refractivity contribution in [2.75, 3.05) is 6.54 Å². The molecule has 1 aromatic rings. The maximum atomic E-state index is 12.8. The highest BCUT2D eigenvalue weighted by Gasteiger charge is 2.50. The van der Waals surface area contributed by atoms with Crippen LogP contribution in [0.3, 0.4) is 0 Å². The van der Waals surface area contributed by atoms with Gasteiger partial charge in [-0.05, 0) is 30.5 Å². The van der Waals surface area contributed by atoms with Gasteiger partial charge in [-0.3, -0.25) is 4.79 Å². The quantitative estimate of drug-likeness (QED) is 0.772. The lowest BCUT2D eigenvalue weighted by atomic mass is 9.95. The van der Waals surface area contributed by atoms with Gasteiger partial charge in [0, 0.05) is 6.54 Å². The van der Waals surface area contributed by atoms with E-state index in [4.69, 9.17) is 0 Å². The summed E-state index contributed by atoms with van der Waals surface area (Å²) >= 11 is 0. The highest BCUT2D eigenvalue weighted by molar-refractivity contribution is 5.91. The molecular weight excluding hydrogens is 205 g/mol. The van der Waals surface area contributed by atoms with Crippen LogP contribution in [-0.4, -0.2) is 12.5 Å². The predicted molar refractivity (Wildman–Crippen MR) is 60.5 cm³/mol. The molecule has 0 bridgehead atoms. The van der Waals surface area contributed by atoms with Crippen LogP contribution in [0.25, 0.3) is 0 Å². The summed E-state index contributed by atoms with van der Waals surface area (Å²) in [5.74, 6) is -0.259. The Morgan fingerprint density at radius 1 is 1.44 bits per heavy atom. The van der Waals surface area contributed by atoms with E-state index in [1.54, 1.807) is 18.2 Å². The van der Waals surface area contributed by atoms with Crippen molar-refractivity contribution in [1.29, 1.82) is 0 Å². The summed E-state index contributed by atoms with van der Waals surface area (Å²) < 4.78 is 12.8.